The molecule has 6 heteroatoms. The topological polar surface area (TPSA) is 54.5 Å². The SMILES string of the molecule is COCc1ncsc1C(=O)NCCN(C)C. The Morgan fingerprint density at radius 3 is 3.00 bits per heavy atom. The molecule has 0 unspecified atom stereocenters. The highest BCUT2D eigenvalue weighted by Gasteiger charge is 2.13. The molecule has 0 radical (unpaired) electrons. The molecule has 90 valence electrons. The van der Waals surface area contributed by atoms with Crippen molar-refractivity contribution in [3.8, 4) is 0 Å². The van der Waals surface area contributed by atoms with Crippen LogP contribution < -0.4 is 5.32 Å². The molecule has 1 aromatic rings. The Kier molecular flexibility index (Phi) is 5.37. The molecule has 0 atom stereocenters. The maximum atomic E-state index is 11.8. The van der Waals surface area contributed by atoms with E-state index < -0.39 is 0 Å². The third-order valence-corrected chi connectivity index (χ3v) is 2.84. The maximum absolute atomic E-state index is 11.8. The molecule has 0 fully saturated rings. The second-order valence-corrected chi connectivity index (χ2v) is 4.48. The van der Waals surface area contributed by atoms with Gasteiger partial charge in [0.05, 0.1) is 17.8 Å². The lowest BCUT2D eigenvalue weighted by Crippen LogP contribution is -2.31. The van der Waals surface area contributed by atoms with Crippen molar-refractivity contribution in [1.29, 1.82) is 0 Å². The third-order valence-electron chi connectivity index (χ3n) is 1.97. The molecule has 1 rings (SSSR count). The van der Waals surface area contributed by atoms with Crippen LogP contribution in [0, 0.1) is 0 Å². The summed E-state index contributed by atoms with van der Waals surface area (Å²) in [5.41, 5.74) is 2.37. The predicted molar refractivity (Wildman–Crippen MR) is 63.7 cm³/mol. The second kappa shape index (κ2) is 6.57. The molecule has 0 aromatic carbocycles. The number of aromatic nitrogens is 1. The minimum atomic E-state index is -0.0728. The average molecular weight is 243 g/mol. The van der Waals surface area contributed by atoms with Crippen LogP contribution in [-0.4, -0.2) is 50.1 Å². The fourth-order valence-electron chi connectivity index (χ4n) is 1.17. The van der Waals surface area contributed by atoms with Crippen LogP contribution in [0.3, 0.4) is 0 Å². The monoisotopic (exact) mass is 243 g/mol. The van der Waals surface area contributed by atoms with E-state index in [1.807, 2.05) is 19.0 Å². The molecule has 1 N–H and O–H groups in total. The van der Waals surface area contributed by atoms with E-state index in [9.17, 15) is 4.79 Å². The molecule has 0 bridgehead atoms. The fourth-order valence-corrected chi connectivity index (χ4v) is 1.88. The number of rotatable bonds is 6. The summed E-state index contributed by atoms with van der Waals surface area (Å²) in [5, 5.41) is 2.85. The number of carbonyl (C=O) groups is 1. The molecule has 1 aromatic heterocycles. The Morgan fingerprint density at radius 2 is 2.38 bits per heavy atom. The molecular weight excluding hydrogens is 226 g/mol. The summed E-state index contributed by atoms with van der Waals surface area (Å²) in [6.45, 7) is 1.83. The van der Waals surface area contributed by atoms with Gasteiger partial charge in [-0.3, -0.25) is 4.79 Å². The number of hydrogen-bond donors (Lipinski definition) is 1. The van der Waals surface area contributed by atoms with Crippen molar-refractivity contribution in [3.63, 3.8) is 0 Å². The first-order valence-electron chi connectivity index (χ1n) is 4.99. The lowest BCUT2D eigenvalue weighted by atomic mass is 10.3. The highest BCUT2D eigenvalue weighted by Crippen LogP contribution is 2.13. The average Bonchev–Trinajstić information content (AvgIpc) is 2.66. The van der Waals surface area contributed by atoms with E-state index in [0.717, 1.165) is 6.54 Å². The zero-order chi connectivity index (χ0) is 12.0. The van der Waals surface area contributed by atoms with Gasteiger partial charge in [-0.1, -0.05) is 0 Å². The van der Waals surface area contributed by atoms with Crippen LogP contribution in [-0.2, 0) is 11.3 Å². The summed E-state index contributed by atoms with van der Waals surface area (Å²) in [7, 11) is 5.53. The number of methoxy groups -OCH3 is 1. The van der Waals surface area contributed by atoms with E-state index in [-0.39, 0.29) is 5.91 Å². The van der Waals surface area contributed by atoms with Crippen molar-refractivity contribution < 1.29 is 9.53 Å². The summed E-state index contributed by atoms with van der Waals surface area (Å²) >= 11 is 1.34. The van der Waals surface area contributed by atoms with E-state index in [1.54, 1.807) is 12.6 Å². The Morgan fingerprint density at radius 1 is 1.62 bits per heavy atom. The van der Waals surface area contributed by atoms with E-state index in [4.69, 9.17) is 4.74 Å². The van der Waals surface area contributed by atoms with Crippen molar-refractivity contribution >= 4 is 17.2 Å². The number of carbonyl (C=O) groups excluding carboxylic acids is 1. The molecule has 1 heterocycles. The second-order valence-electron chi connectivity index (χ2n) is 3.62. The smallest absolute Gasteiger partial charge is 0.263 e. The van der Waals surface area contributed by atoms with Gasteiger partial charge >= 0.3 is 0 Å². The van der Waals surface area contributed by atoms with Gasteiger partial charge in [0.1, 0.15) is 4.88 Å². The quantitative estimate of drug-likeness (QED) is 0.794. The first-order chi connectivity index (χ1) is 7.65. The van der Waals surface area contributed by atoms with Crippen LogP contribution >= 0.6 is 11.3 Å². The Balaban J connectivity index is 2.49. The van der Waals surface area contributed by atoms with Crippen molar-refractivity contribution in [2.45, 2.75) is 6.61 Å². The van der Waals surface area contributed by atoms with Gasteiger partial charge in [-0.2, -0.15) is 0 Å². The maximum Gasteiger partial charge on any atom is 0.263 e. The van der Waals surface area contributed by atoms with Crippen LogP contribution in [0.1, 0.15) is 15.4 Å². The zero-order valence-electron chi connectivity index (χ0n) is 9.82. The van der Waals surface area contributed by atoms with Crippen molar-refractivity contribution in [1.82, 2.24) is 15.2 Å². The summed E-state index contributed by atoms with van der Waals surface area (Å²) in [6, 6.07) is 0. The lowest BCUT2D eigenvalue weighted by molar-refractivity contribution is 0.0950. The van der Waals surface area contributed by atoms with Gasteiger partial charge in [0.15, 0.2) is 0 Å². The standard InChI is InChI=1S/C10H17N3O2S/c1-13(2)5-4-11-10(14)9-8(6-15-3)12-7-16-9/h7H,4-6H2,1-3H3,(H,11,14). The van der Waals surface area contributed by atoms with E-state index in [2.05, 4.69) is 10.3 Å². The lowest BCUT2D eigenvalue weighted by Gasteiger charge is -2.10. The van der Waals surface area contributed by atoms with E-state index >= 15 is 0 Å². The van der Waals surface area contributed by atoms with Gasteiger partial charge in [-0.15, -0.1) is 11.3 Å². The Labute approximate surface area is 99.4 Å². The van der Waals surface area contributed by atoms with E-state index in [0.29, 0.717) is 23.7 Å². The molecule has 0 saturated carbocycles. The zero-order valence-corrected chi connectivity index (χ0v) is 10.6. The van der Waals surface area contributed by atoms with Crippen LogP contribution in [0.15, 0.2) is 5.51 Å². The van der Waals surface area contributed by atoms with Gasteiger partial charge in [-0.25, -0.2) is 4.98 Å². The van der Waals surface area contributed by atoms with Gasteiger partial charge in [-0.05, 0) is 14.1 Å². The number of ether oxygens (including phenoxy) is 1. The summed E-state index contributed by atoms with van der Waals surface area (Å²) in [5.74, 6) is -0.0728. The summed E-state index contributed by atoms with van der Waals surface area (Å²) < 4.78 is 4.98. The number of hydrogen-bond acceptors (Lipinski definition) is 5. The van der Waals surface area contributed by atoms with Crippen molar-refractivity contribution in [2.24, 2.45) is 0 Å². The third kappa shape index (κ3) is 3.88. The van der Waals surface area contributed by atoms with Gasteiger partial charge in [0.25, 0.3) is 5.91 Å². The number of nitrogens with zero attached hydrogens (tertiary/aromatic N) is 2. The molecule has 0 aliphatic carbocycles. The van der Waals surface area contributed by atoms with Crippen molar-refractivity contribution in [2.75, 3.05) is 34.3 Å². The Hall–Kier alpha value is -0.980. The number of likely N-dealkylation sites (N-methyl/N-ethyl adjacent to an activating group) is 1. The minimum Gasteiger partial charge on any atom is -0.378 e. The highest BCUT2D eigenvalue weighted by molar-refractivity contribution is 7.11. The van der Waals surface area contributed by atoms with Crippen LogP contribution in [0.4, 0.5) is 0 Å². The van der Waals surface area contributed by atoms with Crippen LogP contribution in [0.2, 0.25) is 0 Å². The molecule has 1 amide bonds. The molecule has 0 aliphatic rings. The number of amides is 1. The molecule has 16 heavy (non-hydrogen) atoms. The largest absolute Gasteiger partial charge is 0.378 e. The Bertz CT molecular complexity index is 339. The molecule has 0 spiro atoms. The van der Waals surface area contributed by atoms with Gasteiger partial charge in [0.2, 0.25) is 0 Å². The summed E-state index contributed by atoms with van der Waals surface area (Å²) in [4.78, 5) is 18.5. The predicted octanol–water partition coefficient (Wildman–Crippen LogP) is 0.581. The van der Waals surface area contributed by atoms with Gasteiger partial charge in [0, 0.05) is 20.2 Å². The molecular formula is C10H17N3O2S. The first kappa shape index (κ1) is 13.1. The molecule has 0 saturated heterocycles. The summed E-state index contributed by atoms with van der Waals surface area (Å²) in [6.07, 6.45) is 0. The number of thiazole rings is 1. The van der Waals surface area contributed by atoms with Crippen LogP contribution in [0.25, 0.3) is 0 Å². The van der Waals surface area contributed by atoms with E-state index in [1.165, 1.54) is 11.3 Å². The first-order valence-corrected chi connectivity index (χ1v) is 5.87. The van der Waals surface area contributed by atoms with Crippen molar-refractivity contribution in [3.05, 3.63) is 16.1 Å². The fraction of sp³-hybridized carbons (Fsp3) is 0.600. The van der Waals surface area contributed by atoms with Crippen LogP contribution in [0.5, 0.6) is 0 Å². The van der Waals surface area contributed by atoms with Gasteiger partial charge < -0.3 is 15.0 Å². The normalized spacial score (nSPS) is 10.8. The molecule has 0 aliphatic heterocycles. The number of nitrogens with one attached hydrogen (secondary N) is 1. The highest BCUT2D eigenvalue weighted by atomic mass is 32.1. The molecule has 5 nitrogen and oxygen atoms in total. The minimum absolute atomic E-state index is 0.0728.